The quantitative estimate of drug-likeness (QED) is 0.647. The number of amides is 1. The zero-order chi connectivity index (χ0) is 23.4. The van der Waals surface area contributed by atoms with Crippen LogP contribution in [0.5, 0.6) is 11.5 Å². The number of nitrogens with zero attached hydrogens (tertiary/aromatic N) is 2. The van der Waals surface area contributed by atoms with E-state index in [4.69, 9.17) is 14.2 Å². The Morgan fingerprint density at radius 3 is 2.55 bits per heavy atom. The number of fused-ring (bicyclic) bond motifs is 3. The summed E-state index contributed by atoms with van der Waals surface area (Å²) in [5, 5.41) is 23.1. The Bertz CT molecular complexity index is 1080. The number of ether oxygens (including phenoxy) is 3. The SMILES string of the molecule is COC(=O)N1c2c(ccc(O)c2OC)[C@@]23CCN4CCCC5(CCC12[C@](O)(C(=O)OC)C5)[C@H]43. The van der Waals surface area contributed by atoms with E-state index in [0.717, 1.165) is 37.9 Å². The standard InChI is InChI=1S/C24H30N2O7/c1-31-17-15(27)6-5-14-16(17)26(20(29)33-3)24-9-8-21(13-23(24,30)19(28)32-2)7-4-11-25-12-10-22(14,24)18(21)25/h5-6,18,27,30H,4,7-13H2,1-3H3/t18-,21?,22+,23+,24?/m0/s1. The number of phenols is 1. The third kappa shape index (κ3) is 1.96. The van der Waals surface area contributed by atoms with E-state index < -0.39 is 28.6 Å². The first-order valence-corrected chi connectivity index (χ1v) is 11.6. The Morgan fingerprint density at radius 2 is 1.85 bits per heavy atom. The van der Waals surface area contributed by atoms with Crippen LogP contribution in [0.4, 0.5) is 10.5 Å². The van der Waals surface area contributed by atoms with E-state index in [1.807, 2.05) is 6.07 Å². The highest BCUT2D eigenvalue weighted by molar-refractivity contribution is 6.01. The molecule has 6 aliphatic rings. The second kappa shape index (κ2) is 6.33. The molecule has 5 fully saturated rings. The average molecular weight is 459 g/mol. The number of esters is 1. The fourth-order valence-corrected chi connectivity index (χ4v) is 8.96. The highest BCUT2D eigenvalue weighted by Crippen LogP contribution is 2.77. The van der Waals surface area contributed by atoms with E-state index >= 15 is 0 Å². The van der Waals surface area contributed by atoms with Crippen LogP contribution in [-0.2, 0) is 19.7 Å². The lowest BCUT2D eigenvalue weighted by atomic mass is 9.37. The summed E-state index contributed by atoms with van der Waals surface area (Å²) < 4.78 is 16.1. The molecule has 9 heteroatoms. The first kappa shape index (κ1) is 21.0. The third-order valence-electron chi connectivity index (χ3n) is 9.62. The van der Waals surface area contributed by atoms with Crippen LogP contribution in [0.1, 0.15) is 44.1 Å². The Morgan fingerprint density at radius 1 is 1.06 bits per heavy atom. The predicted octanol–water partition coefficient (Wildman–Crippen LogP) is 1.92. The fraction of sp³-hybridized carbons (Fsp3) is 0.667. The predicted molar refractivity (Wildman–Crippen MR) is 116 cm³/mol. The number of carbonyl (C=O) groups excluding carboxylic acids is 2. The van der Waals surface area contributed by atoms with Crippen molar-refractivity contribution in [2.45, 2.75) is 61.1 Å². The second-order valence-corrected chi connectivity index (χ2v) is 10.3. The molecule has 33 heavy (non-hydrogen) atoms. The largest absolute Gasteiger partial charge is 0.504 e. The lowest BCUT2D eigenvalue weighted by molar-refractivity contribution is -0.227. The molecule has 0 aromatic heterocycles. The zero-order valence-electron chi connectivity index (χ0n) is 19.2. The van der Waals surface area contributed by atoms with Crippen LogP contribution in [0.25, 0.3) is 0 Å². The molecule has 5 atom stereocenters. The molecule has 3 aliphatic heterocycles. The molecular weight excluding hydrogens is 428 g/mol. The number of carbonyl (C=O) groups is 2. The van der Waals surface area contributed by atoms with Gasteiger partial charge in [-0.15, -0.1) is 0 Å². The van der Waals surface area contributed by atoms with Crippen LogP contribution in [0.15, 0.2) is 12.1 Å². The summed E-state index contributed by atoms with van der Waals surface area (Å²) in [4.78, 5) is 30.9. The molecule has 3 saturated carbocycles. The number of hydrogen-bond donors (Lipinski definition) is 2. The molecule has 1 amide bonds. The maximum Gasteiger partial charge on any atom is 0.414 e. The number of anilines is 1. The number of rotatable bonds is 2. The molecule has 2 saturated heterocycles. The van der Waals surface area contributed by atoms with Gasteiger partial charge in [0.25, 0.3) is 0 Å². The molecule has 178 valence electrons. The van der Waals surface area contributed by atoms with Crippen LogP contribution in [0.2, 0.25) is 0 Å². The van der Waals surface area contributed by atoms with Gasteiger partial charge in [0.05, 0.1) is 27.0 Å². The highest BCUT2D eigenvalue weighted by atomic mass is 16.6. The van der Waals surface area contributed by atoms with Gasteiger partial charge in [-0.2, -0.15) is 0 Å². The monoisotopic (exact) mass is 458 g/mol. The van der Waals surface area contributed by atoms with E-state index in [1.165, 1.54) is 26.2 Å². The Labute approximate surface area is 192 Å². The van der Waals surface area contributed by atoms with Crippen molar-refractivity contribution in [1.29, 1.82) is 0 Å². The maximum atomic E-state index is 13.5. The van der Waals surface area contributed by atoms with E-state index in [2.05, 4.69) is 4.90 Å². The van der Waals surface area contributed by atoms with Crippen molar-refractivity contribution in [2.75, 3.05) is 39.3 Å². The van der Waals surface area contributed by atoms with E-state index in [-0.39, 0.29) is 29.4 Å². The van der Waals surface area contributed by atoms with Gasteiger partial charge in [0.2, 0.25) is 0 Å². The summed E-state index contributed by atoms with van der Waals surface area (Å²) in [6.45, 7) is 1.76. The molecule has 7 rings (SSSR count). The molecule has 2 bridgehead atoms. The third-order valence-corrected chi connectivity index (χ3v) is 9.62. The van der Waals surface area contributed by atoms with Gasteiger partial charge in [-0.1, -0.05) is 6.07 Å². The van der Waals surface area contributed by atoms with Crippen molar-refractivity contribution >= 4 is 17.7 Å². The molecule has 2 N–H and O–H groups in total. The number of piperidine rings is 1. The summed E-state index contributed by atoms with van der Waals surface area (Å²) in [5.41, 5.74) is -3.04. The molecule has 3 aliphatic carbocycles. The second-order valence-electron chi connectivity index (χ2n) is 10.3. The minimum absolute atomic E-state index is 0.0556. The van der Waals surface area contributed by atoms with Gasteiger partial charge in [0, 0.05) is 11.5 Å². The van der Waals surface area contributed by atoms with Crippen LogP contribution in [-0.4, -0.2) is 78.8 Å². The average Bonchev–Trinajstić information content (AvgIpc) is 3.34. The summed E-state index contributed by atoms with van der Waals surface area (Å²) in [6.07, 6.45) is 3.33. The van der Waals surface area contributed by atoms with E-state index in [9.17, 15) is 19.8 Å². The molecule has 2 unspecified atom stereocenters. The molecule has 1 aromatic rings. The minimum atomic E-state index is -1.93. The Balaban J connectivity index is 1.76. The van der Waals surface area contributed by atoms with Gasteiger partial charge in [0.15, 0.2) is 17.1 Å². The van der Waals surface area contributed by atoms with E-state index in [1.54, 1.807) is 6.07 Å². The number of aromatic hydroxyl groups is 1. The summed E-state index contributed by atoms with van der Waals surface area (Å²) >= 11 is 0. The Hall–Kier alpha value is -2.52. The van der Waals surface area contributed by atoms with Crippen LogP contribution in [0.3, 0.4) is 0 Å². The highest BCUT2D eigenvalue weighted by Gasteiger charge is 2.87. The smallest absolute Gasteiger partial charge is 0.414 e. The van der Waals surface area contributed by atoms with Gasteiger partial charge in [-0.25, -0.2) is 9.59 Å². The maximum absolute atomic E-state index is 13.5. The lowest BCUT2D eigenvalue weighted by Crippen LogP contribution is -2.86. The molecule has 0 radical (unpaired) electrons. The normalized spacial score (nSPS) is 40.1. The van der Waals surface area contributed by atoms with Crippen molar-refractivity contribution in [3.8, 4) is 11.5 Å². The Kier molecular flexibility index (Phi) is 4.03. The van der Waals surface area contributed by atoms with Crippen molar-refractivity contribution in [1.82, 2.24) is 4.90 Å². The summed E-state index contributed by atoms with van der Waals surface area (Å²) in [7, 11) is 4.00. The topological polar surface area (TPSA) is 109 Å². The summed E-state index contributed by atoms with van der Waals surface area (Å²) in [6, 6.07) is 3.47. The van der Waals surface area contributed by atoms with E-state index in [0.29, 0.717) is 18.5 Å². The van der Waals surface area contributed by atoms with Crippen molar-refractivity contribution in [3.63, 3.8) is 0 Å². The van der Waals surface area contributed by atoms with Crippen LogP contribution < -0.4 is 9.64 Å². The minimum Gasteiger partial charge on any atom is -0.504 e. The van der Waals surface area contributed by atoms with Gasteiger partial charge in [0.1, 0.15) is 5.54 Å². The van der Waals surface area contributed by atoms with Gasteiger partial charge in [-0.3, -0.25) is 9.80 Å². The van der Waals surface area contributed by atoms with Gasteiger partial charge >= 0.3 is 12.1 Å². The lowest BCUT2D eigenvalue weighted by Gasteiger charge is -2.71. The van der Waals surface area contributed by atoms with Crippen LogP contribution >= 0.6 is 0 Å². The molecule has 3 spiro atoms. The van der Waals surface area contributed by atoms with Crippen LogP contribution in [0, 0.1) is 5.41 Å². The summed E-state index contributed by atoms with van der Waals surface area (Å²) in [5.74, 6) is -0.690. The molecular formula is C24H30N2O7. The number of aliphatic hydroxyl groups is 1. The van der Waals surface area contributed by atoms with Crippen molar-refractivity contribution in [2.24, 2.45) is 5.41 Å². The van der Waals surface area contributed by atoms with Gasteiger partial charge < -0.3 is 24.4 Å². The first-order valence-electron chi connectivity index (χ1n) is 11.6. The zero-order valence-corrected chi connectivity index (χ0v) is 19.2. The van der Waals surface area contributed by atoms with Crippen molar-refractivity contribution < 1.29 is 34.0 Å². The molecule has 3 heterocycles. The number of methoxy groups -OCH3 is 3. The number of hydrogen-bond acceptors (Lipinski definition) is 8. The number of phenolic OH excluding ortho intramolecular Hbond substituents is 1. The fourth-order valence-electron chi connectivity index (χ4n) is 8.96. The van der Waals surface area contributed by atoms with Crippen molar-refractivity contribution in [3.05, 3.63) is 17.7 Å². The van der Waals surface area contributed by atoms with Gasteiger partial charge in [-0.05, 0) is 68.7 Å². The first-order chi connectivity index (χ1) is 15.8. The molecule has 9 nitrogen and oxygen atoms in total. The number of benzene rings is 1. The molecule has 1 aromatic carbocycles.